The first-order valence-corrected chi connectivity index (χ1v) is 12.5. The van der Waals surface area contributed by atoms with E-state index in [1.807, 2.05) is 26.0 Å². The van der Waals surface area contributed by atoms with Gasteiger partial charge in [0.25, 0.3) is 5.91 Å². The highest BCUT2D eigenvalue weighted by atomic mass is 19.4. The number of benzene rings is 2. The predicted octanol–water partition coefficient (Wildman–Crippen LogP) is 5.82. The van der Waals surface area contributed by atoms with E-state index in [-0.39, 0.29) is 22.8 Å². The molecule has 0 aliphatic carbocycles. The average molecular weight is 560 g/mol. The number of pyridine rings is 1. The van der Waals surface area contributed by atoms with E-state index in [1.54, 1.807) is 38.2 Å². The van der Waals surface area contributed by atoms with Gasteiger partial charge in [-0.05, 0) is 75.7 Å². The highest BCUT2D eigenvalue weighted by Crippen LogP contribution is 2.30. The summed E-state index contributed by atoms with van der Waals surface area (Å²) >= 11 is 0. The smallest absolute Gasteiger partial charge is 0.323 e. The fourth-order valence-electron chi connectivity index (χ4n) is 4.37. The molecular weight excluding hydrogens is 535 g/mol. The maximum atomic E-state index is 13.2. The summed E-state index contributed by atoms with van der Waals surface area (Å²) in [6, 6.07) is 12.7. The van der Waals surface area contributed by atoms with Crippen LogP contribution >= 0.6 is 0 Å². The van der Waals surface area contributed by atoms with Crippen molar-refractivity contribution in [2.75, 3.05) is 10.6 Å². The second-order valence-electron chi connectivity index (χ2n) is 9.49. The SMILES string of the molecule is Cc1ccc(Nc2ncc3c(C)n(-c4cc(NC(=O)c5cccc(C(F)(F)F)c5)ccc4C)c(=O)nc3n2)c(C)n1. The number of amides is 1. The highest BCUT2D eigenvalue weighted by molar-refractivity contribution is 6.04. The number of fused-ring (bicyclic) bond motifs is 1. The Hall–Kier alpha value is -5.13. The maximum absolute atomic E-state index is 13.2. The molecule has 2 aromatic carbocycles. The van der Waals surface area contributed by atoms with Crippen molar-refractivity contribution in [1.29, 1.82) is 0 Å². The lowest BCUT2D eigenvalue weighted by Gasteiger charge is -2.16. The molecular formula is C29H24F3N7O2. The van der Waals surface area contributed by atoms with Gasteiger partial charge in [0.15, 0.2) is 5.65 Å². The third-order valence-corrected chi connectivity index (χ3v) is 6.52. The summed E-state index contributed by atoms with van der Waals surface area (Å²) in [6.45, 7) is 7.26. The number of aryl methyl sites for hydroxylation is 4. The first-order valence-electron chi connectivity index (χ1n) is 12.5. The summed E-state index contributed by atoms with van der Waals surface area (Å²) in [5.74, 6) is -0.468. The molecule has 12 heteroatoms. The molecule has 0 atom stereocenters. The molecule has 41 heavy (non-hydrogen) atoms. The van der Waals surface area contributed by atoms with Crippen molar-refractivity contribution in [3.05, 3.63) is 105 Å². The number of hydrogen-bond acceptors (Lipinski definition) is 7. The van der Waals surface area contributed by atoms with E-state index >= 15 is 0 Å². The molecule has 3 heterocycles. The molecule has 5 rings (SSSR count). The monoisotopic (exact) mass is 559 g/mol. The molecule has 0 saturated carbocycles. The van der Waals surface area contributed by atoms with Crippen LogP contribution in [0.25, 0.3) is 16.7 Å². The number of alkyl halides is 3. The predicted molar refractivity (Wildman–Crippen MR) is 149 cm³/mol. The van der Waals surface area contributed by atoms with Crippen LogP contribution < -0.4 is 16.3 Å². The van der Waals surface area contributed by atoms with Crippen LogP contribution in [0.15, 0.2) is 65.6 Å². The third-order valence-electron chi connectivity index (χ3n) is 6.52. The molecule has 0 bridgehead atoms. The number of rotatable bonds is 5. The fraction of sp³-hybridized carbons (Fsp3) is 0.172. The van der Waals surface area contributed by atoms with Gasteiger partial charge in [0, 0.05) is 28.8 Å². The number of nitrogens with zero attached hydrogens (tertiary/aromatic N) is 5. The fourth-order valence-corrected chi connectivity index (χ4v) is 4.37. The van der Waals surface area contributed by atoms with Crippen LogP contribution in [0, 0.1) is 27.7 Å². The van der Waals surface area contributed by atoms with Crippen molar-refractivity contribution >= 4 is 34.3 Å². The Morgan fingerprint density at radius 1 is 0.927 bits per heavy atom. The van der Waals surface area contributed by atoms with E-state index in [0.717, 1.165) is 29.2 Å². The minimum atomic E-state index is -4.58. The molecule has 5 aromatic rings. The minimum Gasteiger partial charge on any atom is -0.323 e. The van der Waals surface area contributed by atoms with Gasteiger partial charge in [-0.1, -0.05) is 12.1 Å². The average Bonchev–Trinajstić information content (AvgIpc) is 2.91. The Bertz CT molecular complexity index is 1880. The molecule has 1 amide bonds. The van der Waals surface area contributed by atoms with Gasteiger partial charge in [-0.2, -0.15) is 23.1 Å². The Balaban J connectivity index is 1.47. The number of anilines is 3. The minimum absolute atomic E-state index is 0.152. The summed E-state index contributed by atoms with van der Waals surface area (Å²) in [5.41, 5.74) is 2.83. The van der Waals surface area contributed by atoms with Gasteiger partial charge >= 0.3 is 11.9 Å². The second-order valence-corrected chi connectivity index (χ2v) is 9.49. The number of aromatic nitrogens is 5. The summed E-state index contributed by atoms with van der Waals surface area (Å²) in [6.07, 6.45) is -3.01. The van der Waals surface area contributed by atoms with E-state index in [4.69, 9.17) is 0 Å². The van der Waals surface area contributed by atoms with Crippen LogP contribution in [0.5, 0.6) is 0 Å². The van der Waals surface area contributed by atoms with Gasteiger partial charge in [0.2, 0.25) is 5.95 Å². The number of carbonyl (C=O) groups excluding carboxylic acids is 1. The van der Waals surface area contributed by atoms with Crippen LogP contribution in [0.1, 0.15) is 38.6 Å². The van der Waals surface area contributed by atoms with Crippen LogP contribution in [0.3, 0.4) is 0 Å². The van der Waals surface area contributed by atoms with Crippen molar-refractivity contribution < 1.29 is 18.0 Å². The summed E-state index contributed by atoms with van der Waals surface area (Å²) < 4.78 is 40.7. The topological polar surface area (TPSA) is 115 Å². The summed E-state index contributed by atoms with van der Waals surface area (Å²) in [4.78, 5) is 43.4. The van der Waals surface area contributed by atoms with E-state index in [9.17, 15) is 22.8 Å². The first-order chi connectivity index (χ1) is 19.4. The zero-order valence-electron chi connectivity index (χ0n) is 22.5. The Labute approximate surface area is 232 Å². The highest BCUT2D eigenvalue weighted by Gasteiger charge is 2.31. The first kappa shape index (κ1) is 27.4. The molecule has 0 fully saturated rings. The number of nitrogens with one attached hydrogen (secondary N) is 2. The molecule has 0 saturated heterocycles. The molecule has 0 aliphatic rings. The number of carbonyl (C=O) groups is 1. The second kappa shape index (κ2) is 10.5. The maximum Gasteiger partial charge on any atom is 0.416 e. The normalized spacial score (nSPS) is 11.5. The van der Waals surface area contributed by atoms with Gasteiger partial charge < -0.3 is 10.6 Å². The lowest BCUT2D eigenvalue weighted by Crippen LogP contribution is -2.25. The van der Waals surface area contributed by atoms with Gasteiger partial charge in [0.05, 0.1) is 28.0 Å². The summed E-state index contributed by atoms with van der Waals surface area (Å²) in [5, 5.41) is 6.24. The molecule has 0 aliphatic heterocycles. The standard InChI is InChI=1S/C29H24F3N7O2/c1-15-8-10-21(35-26(40)19-6-5-7-20(12-19)29(30,31)32)13-24(15)39-18(4)22-14-33-27(37-25(22)38-28(39)41)36-23-11-9-16(2)34-17(23)3/h5-14H,1-4H3,(H,35,40)(H,36,37,38,41). The van der Waals surface area contributed by atoms with Crippen LogP contribution in [0.4, 0.5) is 30.5 Å². The largest absolute Gasteiger partial charge is 0.416 e. The lowest BCUT2D eigenvalue weighted by atomic mass is 10.1. The van der Waals surface area contributed by atoms with Gasteiger partial charge in [-0.15, -0.1) is 0 Å². The van der Waals surface area contributed by atoms with Crippen molar-refractivity contribution in [3.8, 4) is 5.69 Å². The quantitative estimate of drug-likeness (QED) is 0.279. The van der Waals surface area contributed by atoms with Crippen LogP contribution in [0.2, 0.25) is 0 Å². The van der Waals surface area contributed by atoms with E-state index in [0.29, 0.717) is 22.3 Å². The molecule has 2 N–H and O–H groups in total. The number of hydrogen-bond donors (Lipinski definition) is 2. The lowest BCUT2D eigenvalue weighted by molar-refractivity contribution is -0.137. The molecule has 0 radical (unpaired) electrons. The molecule has 0 spiro atoms. The Morgan fingerprint density at radius 3 is 2.44 bits per heavy atom. The summed E-state index contributed by atoms with van der Waals surface area (Å²) in [7, 11) is 0. The van der Waals surface area contributed by atoms with E-state index in [2.05, 4.69) is 30.6 Å². The molecule has 0 unspecified atom stereocenters. The zero-order chi connectivity index (χ0) is 29.5. The number of halogens is 3. The Morgan fingerprint density at radius 2 is 1.71 bits per heavy atom. The van der Waals surface area contributed by atoms with Crippen molar-refractivity contribution in [3.63, 3.8) is 0 Å². The van der Waals surface area contributed by atoms with Crippen molar-refractivity contribution in [2.45, 2.75) is 33.9 Å². The van der Waals surface area contributed by atoms with Crippen LogP contribution in [-0.2, 0) is 6.18 Å². The zero-order valence-corrected chi connectivity index (χ0v) is 22.5. The van der Waals surface area contributed by atoms with E-state index < -0.39 is 23.3 Å². The molecule has 9 nitrogen and oxygen atoms in total. The third kappa shape index (κ3) is 5.62. The van der Waals surface area contributed by atoms with Gasteiger partial charge in [-0.3, -0.25) is 14.3 Å². The van der Waals surface area contributed by atoms with Gasteiger partial charge in [-0.25, -0.2) is 9.78 Å². The molecule has 3 aromatic heterocycles. The van der Waals surface area contributed by atoms with Gasteiger partial charge in [0.1, 0.15) is 0 Å². The van der Waals surface area contributed by atoms with Crippen LogP contribution in [-0.4, -0.2) is 30.4 Å². The molecule has 208 valence electrons. The van der Waals surface area contributed by atoms with Crippen molar-refractivity contribution in [2.24, 2.45) is 0 Å². The van der Waals surface area contributed by atoms with Crippen molar-refractivity contribution in [1.82, 2.24) is 24.5 Å². The Kier molecular flexibility index (Phi) is 6.99. The van der Waals surface area contributed by atoms with E-state index in [1.165, 1.54) is 16.7 Å².